The zero-order chi connectivity index (χ0) is 19.6. The molecule has 5 nitrogen and oxygen atoms in total. The molecule has 0 fully saturated rings. The number of hydrogen-bond acceptors (Lipinski definition) is 4. The van der Waals surface area contributed by atoms with Crippen LogP contribution in [0.4, 0.5) is 11.4 Å². The molecule has 0 saturated heterocycles. The zero-order valence-electron chi connectivity index (χ0n) is 15.0. The van der Waals surface area contributed by atoms with Crippen molar-refractivity contribution in [1.29, 1.82) is 0 Å². The second-order valence-electron chi connectivity index (χ2n) is 5.98. The number of carbonyl (C=O) groups excluding carboxylic acids is 1. The van der Waals surface area contributed by atoms with Crippen LogP contribution in [0.5, 0.6) is 0 Å². The molecule has 0 bridgehead atoms. The van der Waals surface area contributed by atoms with E-state index in [1.807, 2.05) is 39.1 Å². The number of aryl methyl sites for hydroxylation is 2. The highest BCUT2D eigenvalue weighted by atomic mass is 35.5. The second-order valence-corrected chi connectivity index (χ2v) is 7.68. The summed E-state index contributed by atoms with van der Waals surface area (Å²) in [5, 5.41) is 8.27. The Bertz CT molecular complexity index is 1000. The van der Waals surface area contributed by atoms with Crippen LogP contribution in [-0.4, -0.2) is 15.7 Å². The van der Waals surface area contributed by atoms with Crippen LogP contribution in [0.2, 0.25) is 10.0 Å². The number of rotatable bonds is 5. The summed E-state index contributed by atoms with van der Waals surface area (Å²) in [6.07, 6.45) is 0. The molecule has 1 aromatic heterocycles. The second kappa shape index (κ2) is 8.25. The van der Waals surface area contributed by atoms with E-state index in [1.54, 1.807) is 28.9 Å². The Morgan fingerprint density at radius 3 is 2.56 bits per heavy atom. The van der Waals surface area contributed by atoms with Gasteiger partial charge in [0.15, 0.2) is 0 Å². The Morgan fingerprint density at radius 1 is 1.11 bits per heavy atom. The normalized spacial score (nSPS) is 10.7. The van der Waals surface area contributed by atoms with Crippen LogP contribution in [0.3, 0.4) is 0 Å². The molecular weight excluding hydrogens is 403 g/mol. The molecule has 0 radical (unpaired) electrons. The Balaban J connectivity index is 1.71. The number of amides is 1. The topological polar surface area (TPSA) is 59.0 Å². The molecule has 27 heavy (non-hydrogen) atoms. The van der Waals surface area contributed by atoms with E-state index in [-0.39, 0.29) is 5.91 Å². The highest BCUT2D eigenvalue weighted by Gasteiger charge is 2.14. The molecule has 3 aromatic rings. The molecule has 3 rings (SSSR count). The summed E-state index contributed by atoms with van der Waals surface area (Å²) in [5.74, 6) is -0.183. The number of carbonyl (C=O) groups is 1. The van der Waals surface area contributed by atoms with Crippen molar-refractivity contribution in [2.45, 2.75) is 18.7 Å². The molecule has 1 amide bonds. The lowest BCUT2D eigenvalue weighted by Gasteiger charge is -2.09. The molecule has 8 heteroatoms. The number of hydrogen-bond donors (Lipinski definition) is 2. The van der Waals surface area contributed by atoms with E-state index in [9.17, 15) is 4.79 Å². The van der Waals surface area contributed by atoms with Gasteiger partial charge in [0, 0.05) is 23.2 Å². The van der Waals surface area contributed by atoms with Gasteiger partial charge in [-0.1, -0.05) is 29.3 Å². The zero-order valence-corrected chi connectivity index (χ0v) is 17.3. The summed E-state index contributed by atoms with van der Waals surface area (Å²) < 4.78 is 4.96. The fourth-order valence-electron chi connectivity index (χ4n) is 2.52. The standard InChI is InChI=1S/C19H18Cl2N4OS/c1-11-18(12(2)25(3)23-11)22-19(26)13-5-4-6-14(9-13)24-27-15-7-8-16(20)17(21)10-15/h4-10,24H,1-3H3,(H,22,26). The first-order valence-electron chi connectivity index (χ1n) is 8.14. The van der Waals surface area contributed by atoms with E-state index in [4.69, 9.17) is 23.2 Å². The van der Waals surface area contributed by atoms with E-state index in [0.29, 0.717) is 15.6 Å². The molecular formula is C19H18Cl2N4OS. The van der Waals surface area contributed by atoms with E-state index >= 15 is 0 Å². The molecule has 0 aliphatic carbocycles. The number of anilines is 2. The molecule has 2 N–H and O–H groups in total. The van der Waals surface area contributed by atoms with Gasteiger partial charge in [0.05, 0.1) is 27.1 Å². The molecule has 0 aliphatic heterocycles. The third-order valence-electron chi connectivity index (χ3n) is 4.05. The van der Waals surface area contributed by atoms with Gasteiger partial charge in [-0.3, -0.25) is 9.48 Å². The van der Waals surface area contributed by atoms with Crippen LogP contribution < -0.4 is 10.0 Å². The van der Waals surface area contributed by atoms with Crippen LogP contribution >= 0.6 is 35.1 Å². The molecule has 0 unspecified atom stereocenters. The molecule has 2 aromatic carbocycles. The summed E-state index contributed by atoms with van der Waals surface area (Å²) in [6.45, 7) is 3.79. The third-order valence-corrected chi connectivity index (χ3v) is 5.62. The highest BCUT2D eigenvalue weighted by molar-refractivity contribution is 8.00. The van der Waals surface area contributed by atoms with Gasteiger partial charge in [0.2, 0.25) is 0 Å². The first-order valence-corrected chi connectivity index (χ1v) is 9.72. The van der Waals surface area contributed by atoms with Gasteiger partial charge in [0.1, 0.15) is 0 Å². The smallest absolute Gasteiger partial charge is 0.255 e. The van der Waals surface area contributed by atoms with E-state index in [0.717, 1.165) is 27.7 Å². The van der Waals surface area contributed by atoms with E-state index in [1.165, 1.54) is 11.9 Å². The molecule has 0 spiro atoms. The van der Waals surface area contributed by atoms with Gasteiger partial charge in [-0.25, -0.2) is 0 Å². The quantitative estimate of drug-likeness (QED) is 0.518. The van der Waals surface area contributed by atoms with Crippen molar-refractivity contribution in [3.05, 3.63) is 69.5 Å². The Labute approximate surface area is 172 Å². The SMILES string of the molecule is Cc1nn(C)c(C)c1NC(=O)c1cccc(NSc2ccc(Cl)c(Cl)c2)c1. The van der Waals surface area contributed by atoms with Crippen molar-refractivity contribution in [2.75, 3.05) is 10.0 Å². The molecule has 0 saturated carbocycles. The van der Waals surface area contributed by atoms with Gasteiger partial charge in [-0.05, 0) is 62.2 Å². The van der Waals surface area contributed by atoms with Crippen molar-refractivity contribution in [3.63, 3.8) is 0 Å². The Kier molecular flexibility index (Phi) is 5.99. The van der Waals surface area contributed by atoms with Crippen LogP contribution in [0.1, 0.15) is 21.7 Å². The lowest BCUT2D eigenvalue weighted by atomic mass is 10.2. The van der Waals surface area contributed by atoms with Gasteiger partial charge in [-0.2, -0.15) is 5.10 Å². The summed E-state index contributed by atoms with van der Waals surface area (Å²) in [4.78, 5) is 13.5. The fourth-order valence-corrected chi connectivity index (χ4v) is 3.56. The average molecular weight is 421 g/mol. The number of benzene rings is 2. The highest BCUT2D eigenvalue weighted by Crippen LogP contribution is 2.29. The number of nitrogens with one attached hydrogen (secondary N) is 2. The van der Waals surface area contributed by atoms with Crippen molar-refractivity contribution >= 4 is 52.4 Å². The maximum atomic E-state index is 12.6. The lowest BCUT2D eigenvalue weighted by Crippen LogP contribution is -2.13. The van der Waals surface area contributed by atoms with Crippen molar-refractivity contribution in [3.8, 4) is 0 Å². The van der Waals surface area contributed by atoms with Gasteiger partial charge < -0.3 is 10.0 Å². The van der Waals surface area contributed by atoms with Crippen molar-refractivity contribution in [1.82, 2.24) is 9.78 Å². The maximum absolute atomic E-state index is 12.6. The van der Waals surface area contributed by atoms with Gasteiger partial charge in [0.25, 0.3) is 5.91 Å². The predicted molar refractivity (Wildman–Crippen MR) is 113 cm³/mol. The largest absolute Gasteiger partial charge is 0.326 e. The van der Waals surface area contributed by atoms with Gasteiger partial charge in [-0.15, -0.1) is 0 Å². The number of nitrogens with zero attached hydrogens (tertiary/aromatic N) is 2. The van der Waals surface area contributed by atoms with Crippen molar-refractivity contribution < 1.29 is 4.79 Å². The minimum absolute atomic E-state index is 0.183. The van der Waals surface area contributed by atoms with Crippen molar-refractivity contribution in [2.24, 2.45) is 7.05 Å². The average Bonchev–Trinajstić information content (AvgIpc) is 2.89. The molecule has 0 aliphatic rings. The maximum Gasteiger partial charge on any atom is 0.255 e. The Morgan fingerprint density at radius 2 is 1.89 bits per heavy atom. The molecule has 0 atom stereocenters. The van der Waals surface area contributed by atoms with Crippen LogP contribution in [0.25, 0.3) is 0 Å². The predicted octanol–water partition coefficient (Wildman–Crippen LogP) is 5.72. The fraction of sp³-hybridized carbons (Fsp3) is 0.158. The van der Waals surface area contributed by atoms with Gasteiger partial charge >= 0.3 is 0 Å². The van der Waals surface area contributed by atoms with E-state index < -0.39 is 0 Å². The first kappa shape index (κ1) is 19.6. The van der Waals surface area contributed by atoms with Crippen LogP contribution in [0, 0.1) is 13.8 Å². The van der Waals surface area contributed by atoms with Crippen LogP contribution in [-0.2, 0) is 7.05 Å². The molecule has 1 heterocycles. The number of aromatic nitrogens is 2. The summed E-state index contributed by atoms with van der Waals surface area (Å²) in [5.41, 5.74) is 3.79. The minimum Gasteiger partial charge on any atom is -0.326 e. The summed E-state index contributed by atoms with van der Waals surface area (Å²) in [6, 6.07) is 12.7. The third kappa shape index (κ3) is 4.58. The minimum atomic E-state index is -0.183. The monoisotopic (exact) mass is 420 g/mol. The summed E-state index contributed by atoms with van der Waals surface area (Å²) in [7, 11) is 1.85. The Hall–Kier alpha value is -2.15. The molecule has 140 valence electrons. The number of halogens is 2. The lowest BCUT2D eigenvalue weighted by molar-refractivity contribution is 0.102. The van der Waals surface area contributed by atoms with E-state index in [2.05, 4.69) is 15.1 Å². The summed E-state index contributed by atoms with van der Waals surface area (Å²) >= 11 is 13.4. The first-order chi connectivity index (χ1) is 12.8. The van der Waals surface area contributed by atoms with Crippen LogP contribution in [0.15, 0.2) is 47.4 Å².